The maximum atomic E-state index is 12.9. The summed E-state index contributed by atoms with van der Waals surface area (Å²) in [6.45, 7) is 2.44. The van der Waals surface area contributed by atoms with E-state index < -0.39 is 17.6 Å². The summed E-state index contributed by atoms with van der Waals surface area (Å²) < 4.78 is 50.4. The number of carbonyl (C=O) groups excluding carboxylic acids is 1. The average molecular weight is 527 g/mol. The lowest BCUT2D eigenvalue weighted by Gasteiger charge is -2.15. The number of hydrogen-bond acceptors (Lipinski definition) is 4. The SMILES string of the molecule is CCOc1cc(/C=N\NC(=O)c2cccc(C(F)(F)F)c2)cc(Cl)c1OCc1ccc2ccccc2c1. The van der Waals surface area contributed by atoms with E-state index in [0.717, 1.165) is 34.5 Å². The quantitative estimate of drug-likeness (QED) is 0.194. The summed E-state index contributed by atoms with van der Waals surface area (Å²) >= 11 is 6.47. The predicted octanol–water partition coefficient (Wildman–Crippen LogP) is 7.25. The molecule has 4 aromatic carbocycles. The van der Waals surface area contributed by atoms with Gasteiger partial charge >= 0.3 is 6.18 Å². The fraction of sp³-hybridized carbons (Fsp3) is 0.143. The summed E-state index contributed by atoms with van der Waals surface area (Å²) in [5.41, 5.74) is 2.59. The zero-order chi connectivity index (χ0) is 26.4. The largest absolute Gasteiger partial charge is 0.490 e. The van der Waals surface area contributed by atoms with E-state index in [-0.39, 0.29) is 17.2 Å². The molecule has 0 saturated heterocycles. The molecule has 9 heteroatoms. The van der Waals surface area contributed by atoms with Crippen molar-refractivity contribution in [3.63, 3.8) is 0 Å². The van der Waals surface area contributed by atoms with Crippen LogP contribution in [0.4, 0.5) is 13.2 Å². The Labute approximate surface area is 216 Å². The van der Waals surface area contributed by atoms with E-state index in [1.54, 1.807) is 12.1 Å². The normalized spacial score (nSPS) is 11.6. The Hall–Kier alpha value is -4.04. The summed E-state index contributed by atoms with van der Waals surface area (Å²) in [4.78, 5) is 12.2. The minimum Gasteiger partial charge on any atom is -0.490 e. The number of carbonyl (C=O) groups is 1. The lowest BCUT2D eigenvalue weighted by Crippen LogP contribution is -2.18. The number of hydrazone groups is 1. The van der Waals surface area contributed by atoms with Crippen molar-refractivity contribution in [1.82, 2.24) is 5.43 Å². The number of hydrogen-bond donors (Lipinski definition) is 1. The first-order valence-electron chi connectivity index (χ1n) is 11.3. The van der Waals surface area contributed by atoms with E-state index >= 15 is 0 Å². The maximum Gasteiger partial charge on any atom is 0.416 e. The van der Waals surface area contributed by atoms with Crippen molar-refractivity contribution in [2.45, 2.75) is 19.7 Å². The van der Waals surface area contributed by atoms with Crippen LogP contribution in [0.2, 0.25) is 5.02 Å². The molecule has 0 aliphatic rings. The van der Waals surface area contributed by atoms with Gasteiger partial charge in [0.15, 0.2) is 11.5 Å². The van der Waals surface area contributed by atoms with E-state index in [1.807, 2.05) is 49.4 Å². The molecule has 0 atom stereocenters. The van der Waals surface area contributed by atoms with Crippen LogP contribution < -0.4 is 14.9 Å². The summed E-state index contributed by atoms with van der Waals surface area (Å²) in [7, 11) is 0. The third-order valence-corrected chi connectivity index (χ3v) is 5.64. The molecule has 1 N–H and O–H groups in total. The van der Waals surface area contributed by atoms with E-state index in [2.05, 4.69) is 10.5 Å². The molecule has 0 saturated carbocycles. The maximum absolute atomic E-state index is 12.9. The van der Waals surface area contributed by atoms with E-state index in [1.165, 1.54) is 12.3 Å². The van der Waals surface area contributed by atoms with Gasteiger partial charge in [0.1, 0.15) is 6.61 Å². The van der Waals surface area contributed by atoms with Gasteiger partial charge < -0.3 is 9.47 Å². The second-order valence-electron chi connectivity index (χ2n) is 8.01. The van der Waals surface area contributed by atoms with Crippen molar-refractivity contribution in [2.24, 2.45) is 5.10 Å². The highest BCUT2D eigenvalue weighted by Crippen LogP contribution is 2.37. The van der Waals surface area contributed by atoms with Crippen molar-refractivity contribution in [2.75, 3.05) is 6.61 Å². The number of amides is 1. The molecule has 0 bridgehead atoms. The average Bonchev–Trinajstić information content (AvgIpc) is 2.88. The number of rotatable bonds is 8. The number of benzene rings is 4. The molecule has 4 rings (SSSR count). The number of fused-ring (bicyclic) bond motifs is 1. The first kappa shape index (κ1) is 26.0. The van der Waals surface area contributed by atoms with E-state index in [9.17, 15) is 18.0 Å². The van der Waals surface area contributed by atoms with Crippen LogP contribution in [-0.4, -0.2) is 18.7 Å². The van der Waals surface area contributed by atoms with Gasteiger partial charge in [-0.1, -0.05) is 54.1 Å². The minimum atomic E-state index is -4.55. The Kier molecular flexibility index (Phi) is 7.98. The second-order valence-corrected chi connectivity index (χ2v) is 8.42. The van der Waals surface area contributed by atoms with Crippen molar-refractivity contribution >= 4 is 34.5 Å². The Bertz CT molecular complexity index is 1450. The van der Waals surface area contributed by atoms with E-state index in [4.69, 9.17) is 21.1 Å². The minimum absolute atomic E-state index is 0.169. The Morgan fingerprint density at radius 3 is 2.51 bits per heavy atom. The smallest absolute Gasteiger partial charge is 0.416 e. The zero-order valence-corrected chi connectivity index (χ0v) is 20.4. The first-order chi connectivity index (χ1) is 17.7. The third-order valence-electron chi connectivity index (χ3n) is 5.36. The number of ether oxygens (including phenoxy) is 2. The third kappa shape index (κ3) is 6.59. The highest BCUT2D eigenvalue weighted by Gasteiger charge is 2.30. The number of nitrogens with zero attached hydrogens (tertiary/aromatic N) is 1. The van der Waals surface area contributed by atoms with Crippen LogP contribution in [0.25, 0.3) is 10.8 Å². The van der Waals surface area contributed by atoms with Crippen molar-refractivity contribution in [1.29, 1.82) is 0 Å². The topological polar surface area (TPSA) is 59.9 Å². The molecule has 0 aliphatic heterocycles. The predicted molar refractivity (Wildman–Crippen MR) is 137 cm³/mol. The van der Waals surface area contributed by atoms with Crippen LogP contribution in [0.15, 0.2) is 84.0 Å². The van der Waals surface area contributed by atoms with Crippen LogP contribution in [0.1, 0.15) is 34.0 Å². The van der Waals surface area contributed by atoms with Crippen molar-refractivity contribution in [3.05, 3.63) is 106 Å². The molecule has 5 nitrogen and oxygen atoms in total. The van der Waals surface area contributed by atoms with Gasteiger partial charge in [-0.25, -0.2) is 5.43 Å². The highest BCUT2D eigenvalue weighted by atomic mass is 35.5. The van der Waals surface area contributed by atoms with Crippen LogP contribution in [-0.2, 0) is 12.8 Å². The van der Waals surface area contributed by atoms with Gasteiger partial charge in [-0.3, -0.25) is 4.79 Å². The molecule has 0 radical (unpaired) electrons. The van der Waals surface area contributed by atoms with Gasteiger partial charge in [0.25, 0.3) is 5.91 Å². The molecule has 0 aliphatic carbocycles. The molecule has 37 heavy (non-hydrogen) atoms. The number of halogens is 4. The monoisotopic (exact) mass is 526 g/mol. The Morgan fingerprint density at radius 1 is 0.973 bits per heavy atom. The molecule has 1 amide bonds. The summed E-state index contributed by atoms with van der Waals surface area (Å²) in [5, 5.41) is 6.34. The first-order valence-corrected chi connectivity index (χ1v) is 11.7. The Morgan fingerprint density at radius 2 is 1.76 bits per heavy atom. The number of alkyl halides is 3. The van der Waals surface area contributed by atoms with Gasteiger partial charge in [0.05, 0.1) is 23.4 Å². The molecule has 0 heterocycles. The molecule has 190 valence electrons. The molecule has 0 spiro atoms. The van der Waals surface area contributed by atoms with Gasteiger partial charge in [-0.05, 0) is 65.2 Å². The lowest BCUT2D eigenvalue weighted by molar-refractivity contribution is -0.137. The molecular weight excluding hydrogens is 505 g/mol. The fourth-order valence-electron chi connectivity index (χ4n) is 3.62. The van der Waals surface area contributed by atoms with Crippen LogP contribution in [0.3, 0.4) is 0 Å². The second kappa shape index (κ2) is 11.3. The molecule has 4 aromatic rings. The van der Waals surface area contributed by atoms with Crippen molar-refractivity contribution in [3.8, 4) is 11.5 Å². The van der Waals surface area contributed by atoms with Crippen molar-refractivity contribution < 1.29 is 27.4 Å². The summed E-state index contributed by atoms with van der Waals surface area (Å²) in [5.74, 6) is -0.0305. The van der Waals surface area contributed by atoms with Crippen LogP contribution in [0.5, 0.6) is 11.5 Å². The summed E-state index contributed by atoms with van der Waals surface area (Å²) in [6.07, 6.45) is -3.24. The molecule has 0 fully saturated rings. The Balaban J connectivity index is 1.47. The fourth-order valence-corrected chi connectivity index (χ4v) is 3.89. The standard InChI is InChI=1S/C28H22ClF3N2O3/c1-2-36-25-14-19(16-33-34-27(35)22-8-5-9-23(15-22)28(30,31)32)13-24(29)26(25)37-17-18-10-11-20-6-3-4-7-21(20)12-18/h3-16H,2,17H2,1H3,(H,34,35)/b33-16-. The van der Waals surface area contributed by atoms with Gasteiger partial charge in [-0.2, -0.15) is 18.3 Å². The summed E-state index contributed by atoms with van der Waals surface area (Å²) in [6, 6.07) is 21.4. The molecule has 0 aromatic heterocycles. The molecule has 0 unspecified atom stereocenters. The van der Waals surface area contributed by atoms with E-state index in [0.29, 0.717) is 23.7 Å². The number of nitrogens with one attached hydrogen (secondary N) is 1. The molecular formula is C28H22ClF3N2O3. The van der Waals surface area contributed by atoms with Gasteiger partial charge in [-0.15, -0.1) is 0 Å². The zero-order valence-electron chi connectivity index (χ0n) is 19.7. The van der Waals surface area contributed by atoms with Crippen LogP contribution in [0, 0.1) is 0 Å². The van der Waals surface area contributed by atoms with Gasteiger partial charge in [0.2, 0.25) is 0 Å². The van der Waals surface area contributed by atoms with Crippen LogP contribution >= 0.6 is 11.6 Å². The lowest BCUT2D eigenvalue weighted by atomic mass is 10.1. The van der Waals surface area contributed by atoms with Gasteiger partial charge in [0, 0.05) is 5.56 Å². The highest BCUT2D eigenvalue weighted by molar-refractivity contribution is 6.32.